The Hall–Kier alpha value is -1.93. The number of rotatable bonds is 2. The lowest BCUT2D eigenvalue weighted by atomic mass is 10.0. The van der Waals surface area contributed by atoms with Crippen molar-refractivity contribution in [2.75, 3.05) is 0 Å². The molecule has 0 radical (unpaired) electrons. The molecule has 1 aromatic rings. The number of ketones is 2. The van der Waals surface area contributed by atoms with Gasteiger partial charge < -0.3 is 0 Å². The predicted molar refractivity (Wildman–Crippen MR) is 67.7 cm³/mol. The average molecular weight is 245 g/mol. The molecule has 0 amide bonds. The lowest BCUT2D eigenvalue weighted by molar-refractivity contribution is -0.114. The average Bonchev–Trinajstić information content (AvgIpc) is 2.30. The van der Waals surface area contributed by atoms with Crippen LogP contribution in [0.3, 0.4) is 0 Å². The van der Waals surface area contributed by atoms with Gasteiger partial charge >= 0.3 is 0 Å². The van der Waals surface area contributed by atoms with Crippen LogP contribution in [-0.2, 0) is 9.59 Å². The van der Waals surface area contributed by atoms with Crippen molar-refractivity contribution in [3.05, 3.63) is 64.7 Å². The van der Waals surface area contributed by atoms with Crippen LogP contribution in [0, 0.1) is 0 Å². The summed E-state index contributed by atoms with van der Waals surface area (Å²) in [7, 11) is 0. The molecule has 84 valence electrons. The molecule has 0 bridgehead atoms. The monoisotopic (exact) mass is 244 g/mol. The molecule has 0 heterocycles. The molecule has 0 aromatic heterocycles. The first kappa shape index (κ1) is 11.6. The van der Waals surface area contributed by atoms with E-state index < -0.39 is 0 Å². The van der Waals surface area contributed by atoms with Crippen LogP contribution < -0.4 is 0 Å². The Balaban J connectivity index is 2.21. The van der Waals surface area contributed by atoms with E-state index in [-0.39, 0.29) is 11.6 Å². The van der Waals surface area contributed by atoms with E-state index in [1.165, 1.54) is 18.2 Å². The van der Waals surface area contributed by atoms with Crippen LogP contribution in [0.1, 0.15) is 5.56 Å². The van der Waals surface area contributed by atoms with Gasteiger partial charge in [0.25, 0.3) is 0 Å². The molecule has 1 aromatic carbocycles. The first-order valence-electron chi connectivity index (χ1n) is 5.07. The van der Waals surface area contributed by atoms with E-state index in [0.717, 1.165) is 5.56 Å². The van der Waals surface area contributed by atoms with E-state index in [1.807, 2.05) is 12.1 Å². The number of halogens is 1. The zero-order chi connectivity index (χ0) is 12.3. The molecule has 0 aliphatic heterocycles. The summed E-state index contributed by atoms with van der Waals surface area (Å²) in [5, 5.41) is 0.632. The summed E-state index contributed by atoms with van der Waals surface area (Å²) < 4.78 is 0. The molecule has 0 saturated heterocycles. The molecule has 1 aliphatic carbocycles. The van der Waals surface area contributed by atoms with Crippen molar-refractivity contribution in [1.82, 2.24) is 0 Å². The highest BCUT2D eigenvalue weighted by Gasteiger charge is 2.09. The van der Waals surface area contributed by atoms with Gasteiger partial charge in [0.2, 0.25) is 0 Å². The van der Waals surface area contributed by atoms with E-state index in [9.17, 15) is 9.59 Å². The van der Waals surface area contributed by atoms with Gasteiger partial charge in [-0.25, -0.2) is 0 Å². The van der Waals surface area contributed by atoms with Gasteiger partial charge in [-0.15, -0.1) is 0 Å². The Bertz CT molecular complexity index is 565. The highest BCUT2D eigenvalue weighted by atomic mass is 35.5. The van der Waals surface area contributed by atoms with Crippen molar-refractivity contribution in [3.63, 3.8) is 0 Å². The molecule has 0 saturated carbocycles. The van der Waals surface area contributed by atoms with Gasteiger partial charge in [-0.05, 0) is 35.9 Å². The maximum atomic E-state index is 11.4. The number of hydrogen-bond acceptors (Lipinski definition) is 2. The van der Waals surface area contributed by atoms with Crippen molar-refractivity contribution >= 4 is 29.2 Å². The second-order valence-corrected chi connectivity index (χ2v) is 4.02. The van der Waals surface area contributed by atoms with Gasteiger partial charge in [-0.3, -0.25) is 9.59 Å². The fourth-order valence-electron chi connectivity index (χ4n) is 1.45. The Morgan fingerprint density at radius 3 is 2.65 bits per heavy atom. The van der Waals surface area contributed by atoms with Crippen molar-refractivity contribution in [1.29, 1.82) is 0 Å². The first-order valence-corrected chi connectivity index (χ1v) is 5.45. The van der Waals surface area contributed by atoms with Crippen LogP contribution in [0.25, 0.3) is 6.08 Å². The zero-order valence-electron chi connectivity index (χ0n) is 8.89. The summed E-state index contributed by atoms with van der Waals surface area (Å²) in [6.07, 6.45) is 7.24. The molecule has 2 nitrogen and oxygen atoms in total. The third kappa shape index (κ3) is 3.02. The molecule has 3 heteroatoms. The second kappa shape index (κ2) is 4.93. The van der Waals surface area contributed by atoms with Crippen LogP contribution >= 0.6 is 11.6 Å². The highest BCUT2D eigenvalue weighted by Crippen LogP contribution is 2.14. The van der Waals surface area contributed by atoms with Crippen molar-refractivity contribution < 1.29 is 9.59 Å². The zero-order valence-corrected chi connectivity index (χ0v) is 9.65. The van der Waals surface area contributed by atoms with Gasteiger partial charge in [0.15, 0.2) is 11.6 Å². The predicted octanol–water partition coefficient (Wildman–Crippen LogP) is 2.99. The minimum atomic E-state index is -0.171. The summed E-state index contributed by atoms with van der Waals surface area (Å²) in [5.41, 5.74) is 1.27. The van der Waals surface area contributed by atoms with Crippen LogP contribution in [-0.4, -0.2) is 11.6 Å². The number of hydrogen-bond donors (Lipinski definition) is 0. The molecule has 0 spiro atoms. The third-order valence-corrected chi connectivity index (χ3v) is 2.52. The van der Waals surface area contributed by atoms with Gasteiger partial charge in [0.1, 0.15) is 0 Å². The Labute approximate surface area is 104 Å². The molecular formula is C14H9ClO2. The highest BCUT2D eigenvalue weighted by molar-refractivity contribution is 6.30. The van der Waals surface area contributed by atoms with Gasteiger partial charge in [0.05, 0.1) is 0 Å². The van der Waals surface area contributed by atoms with Crippen molar-refractivity contribution in [2.45, 2.75) is 0 Å². The van der Waals surface area contributed by atoms with Gasteiger partial charge in [-0.2, -0.15) is 0 Å². The van der Waals surface area contributed by atoms with Gasteiger partial charge in [0, 0.05) is 10.6 Å². The van der Waals surface area contributed by atoms with Crippen LogP contribution in [0.15, 0.2) is 54.1 Å². The van der Waals surface area contributed by atoms with E-state index in [1.54, 1.807) is 24.3 Å². The number of carbonyl (C=O) groups is 2. The van der Waals surface area contributed by atoms with Crippen molar-refractivity contribution in [3.8, 4) is 0 Å². The number of carbonyl (C=O) groups excluding carboxylic acids is 2. The summed E-state index contributed by atoms with van der Waals surface area (Å²) in [4.78, 5) is 22.6. The topological polar surface area (TPSA) is 34.1 Å². The molecule has 0 N–H and O–H groups in total. The smallest absolute Gasteiger partial charge is 0.186 e. The quantitative estimate of drug-likeness (QED) is 0.750. The lowest BCUT2D eigenvalue weighted by Gasteiger charge is -2.01. The molecule has 17 heavy (non-hydrogen) atoms. The van der Waals surface area contributed by atoms with Crippen LogP contribution in [0.5, 0.6) is 0 Å². The number of benzene rings is 1. The molecule has 1 aliphatic rings. The fraction of sp³-hybridized carbons (Fsp3) is 0. The summed E-state index contributed by atoms with van der Waals surface area (Å²) in [6.45, 7) is 0. The van der Waals surface area contributed by atoms with Crippen LogP contribution in [0.4, 0.5) is 0 Å². The molecule has 2 rings (SSSR count). The molecule has 0 fully saturated rings. The molecule has 0 unspecified atom stereocenters. The van der Waals surface area contributed by atoms with Gasteiger partial charge in [-0.1, -0.05) is 35.9 Å². The van der Waals surface area contributed by atoms with E-state index in [2.05, 4.69) is 0 Å². The number of allylic oxidation sites excluding steroid dienone is 5. The fourth-order valence-corrected chi connectivity index (χ4v) is 1.65. The largest absolute Gasteiger partial charge is 0.290 e. The first-order chi connectivity index (χ1) is 8.15. The Kier molecular flexibility index (Phi) is 3.35. The van der Waals surface area contributed by atoms with Crippen LogP contribution in [0.2, 0.25) is 5.02 Å². The standard InChI is InChI=1S/C14H9ClO2/c15-12-3-1-2-10(8-12)4-5-11-9-13(16)6-7-14(11)17/h1-9H/b5-4+. The summed E-state index contributed by atoms with van der Waals surface area (Å²) >= 11 is 5.84. The summed E-state index contributed by atoms with van der Waals surface area (Å²) in [6, 6.07) is 7.25. The summed E-state index contributed by atoms with van der Waals surface area (Å²) in [5.74, 6) is -0.335. The lowest BCUT2D eigenvalue weighted by Crippen LogP contribution is -2.05. The minimum absolute atomic E-state index is 0.164. The Morgan fingerprint density at radius 1 is 1.06 bits per heavy atom. The molecular weight excluding hydrogens is 236 g/mol. The normalized spacial score (nSPS) is 15.5. The second-order valence-electron chi connectivity index (χ2n) is 3.59. The van der Waals surface area contributed by atoms with E-state index in [4.69, 9.17) is 11.6 Å². The third-order valence-electron chi connectivity index (χ3n) is 2.29. The van der Waals surface area contributed by atoms with E-state index >= 15 is 0 Å². The molecule has 0 atom stereocenters. The Morgan fingerprint density at radius 2 is 1.88 bits per heavy atom. The minimum Gasteiger partial charge on any atom is -0.290 e. The maximum absolute atomic E-state index is 11.4. The van der Waals surface area contributed by atoms with E-state index in [0.29, 0.717) is 10.6 Å². The SMILES string of the molecule is O=C1C=CC(=O)C(/C=C/c2cccc(Cl)c2)=C1. The van der Waals surface area contributed by atoms with Crippen molar-refractivity contribution in [2.24, 2.45) is 0 Å². The maximum Gasteiger partial charge on any atom is 0.186 e.